The van der Waals surface area contributed by atoms with Crippen LogP contribution >= 0.6 is 11.3 Å². The summed E-state index contributed by atoms with van der Waals surface area (Å²) < 4.78 is 46.8. The van der Waals surface area contributed by atoms with Gasteiger partial charge in [-0.2, -0.15) is 18.2 Å². The summed E-state index contributed by atoms with van der Waals surface area (Å²) in [6, 6.07) is 3.02. The fraction of sp³-hybridized carbons (Fsp3) is 0.529. The number of thiophene rings is 1. The molecule has 0 radical (unpaired) electrons. The lowest BCUT2D eigenvalue weighted by Crippen LogP contribution is -2.48. The summed E-state index contributed by atoms with van der Waals surface area (Å²) in [5, 5.41) is 9.24. The van der Waals surface area contributed by atoms with Gasteiger partial charge in [0, 0.05) is 25.0 Å². The van der Waals surface area contributed by atoms with Crippen LogP contribution in [0.25, 0.3) is 10.7 Å². The zero-order valence-electron chi connectivity index (χ0n) is 15.2. The molecule has 2 fully saturated rings. The Morgan fingerprint density at radius 3 is 2.72 bits per heavy atom. The quantitative estimate of drug-likeness (QED) is 0.697. The number of morpholine rings is 1. The number of carbonyl (C=O) groups is 2. The van der Waals surface area contributed by atoms with E-state index in [0.717, 1.165) is 37.0 Å². The maximum Gasteiger partial charge on any atom is 0.471 e. The Morgan fingerprint density at radius 2 is 2.17 bits per heavy atom. The molecule has 3 heterocycles. The first-order chi connectivity index (χ1) is 13.9. The van der Waals surface area contributed by atoms with Gasteiger partial charge in [-0.3, -0.25) is 4.79 Å². The second kappa shape index (κ2) is 9.46. The average molecular weight is 432 g/mol. The van der Waals surface area contributed by atoms with E-state index in [4.69, 9.17) is 4.74 Å². The Kier molecular flexibility index (Phi) is 6.98. The van der Waals surface area contributed by atoms with Crippen LogP contribution in [0, 0.1) is 5.92 Å². The SMILES string of the molecule is O=C(NCC1COCCN1)c1ccc(-c2noc(C(F)(F)F)n2)s1.O=CC1CC1. The number of amides is 1. The van der Waals surface area contributed by atoms with Crippen LogP contribution in [-0.4, -0.2) is 54.7 Å². The summed E-state index contributed by atoms with van der Waals surface area (Å²) in [7, 11) is 0. The Balaban J connectivity index is 0.000000419. The number of hydrogen-bond donors (Lipinski definition) is 2. The topological polar surface area (TPSA) is 106 Å². The van der Waals surface area contributed by atoms with Crippen molar-refractivity contribution in [1.82, 2.24) is 20.8 Å². The number of carbonyl (C=O) groups excluding carboxylic acids is 2. The molecule has 12 heteroatoms. The highest BCUT2D eigenvalue weighted by Gasteiger charge is 2.38. The highest BCUT2D eigenvalue weighted by molar-refractivity contribution is 7.17. The van der Waals surface area contributed by atoms with E-state index in [-0.39, 0.29) is 17.8 Å². The number of nitrogens with one attached hydrogen (secondary N) is 2. The van der Waals surface area contributed by atoms with Crippen molar-refractivity contribution in [3.8, 4) is 10.7 Å². The molecule has 4 rings (SSSR count). The van der Waals surface area contributed by atoms with E-state index < -0.39 is 12.1 Å². The average Bonchev–Trinajstić information content (AvgIpc) is 3.19. The molecule has 1 atom stereocenters. The van der Waals surface area contributed by atoms with Gasteiger partial charge in [0.05, 0.1) is 23.0 Å². The van der Waals surface area contributed by atoms with Crippen LogP contribution in [0.2, 0.25) is 0 Å². The molecule has 1 aliphatic heterocycles. The van der Waals surface area contributed by atoms with Crippen LogP contribution in [0.3, 0.4) is 0 Å². The fourth-order valence-corrected chi connectivity index (χ4v) is 3.15. The summed E-state index contributed by atoms with van der Waals surface area (Å²) in [4.78, 5) is 25.6. The first-order valence-electron chi connectivity index (χ1n) is 8.92. The number of halogens is 3. The number of aldehydes is 1. The second-order valence-corrected chi connectivity index (χ2v) is 7.58. The van der Waals surface area contributed by atoms with Gasteiger partial charge in [-0.25, -0.2) is 0 Å². The fourth-order valence-electron chi connectivity index (χ4n) is 2.30. The Morgan fingerprint density at radius 1 is 1.38 bits per heavy atom. The normalized spacial score (nSPS) is 19.2. The highest BCUT2D eigenvalue weighted by Crippen LogP contribution is 2.31. The van der Waals surface area contributed by atoms with Gasteiger partial charge >= 0.3 is 12.1 Å². The molecule has 0 bridgehead atoms. The molecule has 0 aromatic carbocycles. The number of nitrogens with zero attached hydrogens (tertiary/aromatic N) is 2. The van der Waals surface area contributed by atoms with E-state index in [1.807, 2.05) is 0 Å². The van der Waals surface area contributed by atoms with E-state index in [9.17, 15) is 22.8 Å². The standard InChI is InChI=1S/C13H13F3N4O3S.C4H6O/c14-13(15,16)12-19-10(20-23-12)8-1-2-9(24-8)11(21)18-5-7-6-22-4-3-17-7;5-3-4-1-2-4/h1-2,7,17H,3-6H2,(H,18,21);3-4H,1-2H2. The maximum atomic E-state index is 12.5. The zero-order chi connectivity index (χ0) is 20.9. The van der Waals surface area contributed by atoms with Gasteiger partial charge in [-0.1, -0.05) is 5.16 Å². The molecule has 1 aliphatic carbocycles. The number of alkyl halides is 3. The van der Waals surface area contributed by atoms with Crippen molar-refractivity contribution >= 4 is 23.5 Å². The molecule has 1 amide bonds. The molecule has 0 spiro atoms. The van der Waals surface area contributed by atoms with E-state index in [0.29, 0.717) is 35.4 Å². The van der Waals surface area contributed by atoms with Gasteiger partial charge in [-0.15, -0.1) is 11.3 Å². The molecule has 2 aliphatic rings. The third-order valence-corrected chi connectivity index (χ3v) is 5.12. The second-order valence-electron chi connectivity index (χ2n) is 6.49. The van der Waals surface area contributed by atoms with Gasteiger partial charge < -0.3 is 24.7 Å². The van der Waals surface area contributed by atoms with E-state index in [1.165, 1.54) is 12.1 Å². The lowest BCUT2D eigenvalue weighted by molar-refractivity contribution is -0.159. The Hall–Kier alpha value is -2.31. The van der Waals surface area contributed by atoms with Gasteiger partial charge in [0.1, 0.15) is 6.29 Å². The molecular weight excluding hydrogens is 413 g/mol. The van der Waals surface area contributed by atoms with Crippen LogP contribution in [-0.2, 0) is 15.7 Å². The van der Waals surface area contributed by atoms with Crippen molar-refractivity contribution in [1.29, 1.82) is 0 Å². The first kappa shape index (κ1) is 21.4. The number of hydrogen-bond acceptors (Lipinski definition) is 8. The largest absolute Gasteiger partial charge is 0.471 e. The van der Waals surface area contributed by atoms with Crippen molar-refractivity contribution < 1.29 is 32.0 Å². The molecule has 1 saturated carbocycles. The molecule has 2 N–H and O–H groups in total. The Bertz CT molecular complexity index is 829. The number of ether oxygens (including phenoxy) is 1. The molecule has 2 aromatic rings. The monoisotopic (exact) mass is 432 g/mol. The highest BCUT2D eigenvalue weighted by atomic mass is 32.1. The van der Waals surface area contributed by atoms with Crippen molar-refractivity contribution in [2.75, 3.05) is 26.3 Å². The van der Waals surface area contributed by atoms with E-state index >= 15 is 0 Å². The number of rotatable bonds is 5. The van der Waals surface area contributed by atoms with Gasteiger partial charge in [0.2, 0.25) is 5.82 Å². The van der Waals surface area contributed by atoms with Crippen molar-refractivity contribution in [2.45, 2.75) is 25.1 Å². The van der Waals surface area contributed by atoms with Gasteiger partial charge in [0.15, 0.2) is 0 Å². The molecule has 2 aromatic heterocycles. The maximum absolute atomic E-state index is 12.5. The minimum atomic E-state index is -4.70. The first-order valence-corrected chi connectivity index (χ1v) is 9.74. The van der Waals surface area contributed by atoms with Crippen molar-refractivity contribution in [3.05, 3.63) is 22.9 Å². The number of aromatic nitrogens is 2. The minimum Gasteiger partial charge on any atom is -0.378 e. The predicted octanol–water partition coefficient (Wildman–Crippen LogP) is 2.13. The lowest BCUT2D eigenvalue weighted by atomic mass is 10.2. The van der Waals surface area contributed by atoms with Crippen LogP contribution in [0.5, 0.6) is 0 Å². The zero-order valence-corrected chi connectivity index (χ0v) is 16.0. The van der Waals surface area contributed by atoms with Crippen LogP contribution in [0.15, 0.2) is 16.7 Å². The molecular formula is C17H19F3N4O4S. The summed E-state index contributed by atoms with van der Waals surface area (Å²) >= 11 is 0.989. The minimum absolute atomic E-state index is 0.0358. The summed E-state index contributed by atoms with van der Waals surface area (Å²) in [5.41, 5.74) is 0. The molecule has 8 nitrogen and oxygen atoms in total. The van der Waals surface area contributed by atoms with Crippen molar-refractivity contribution in [2.24, 2.45) is 5.92 Å². The third-order valence-electron chi connectivity index (χ3n) is 4.04. The summed E-state index contributed by atoms with van der Waals surface area (Å²) in [6.07, 6.45) is -1.38. The lowest BCUT2D eigenvalue weighted by Gasteiger charge is -2.23. The summed E-state index contributed by atoms with van der Waals surface area (Å²) in [6.45, 7) is 2.28. The molecule has 29 heavy (non-hydrogen) atoms. The molecule has 1 unspecified atom stereocenters. The van der Waals surface area contributed by atoms with Crippen LogP contribution in [0.1, 0.15) is 28.4 Å². The molecule has 1 saturated heterocycles. The van der Waals surface area contributed by atoms with Crippen molar-refractivity contribution in [3.63, 3.8) is 0 Å². The molecule has 158 valence electrons. The van der Waals surface area contributed by atoms with E-state index in [1.54, 1.807) is 0 Å². The van der Waals surface area contributed by atoms with Gasteiger partial charge in [0.25, 0.3) is 5.91 Å². The van der Waals surface area contributed by atoms with Gasteiger partial charge in [-0.05, 0) is 25.0 Å². The van der Waals surface area contributed by atoms with E-state index in [2.05, 4.69) is 25.3 Å². The predicted molar refractivity (Wildman–Crippen MR) is 96.3 cm³/mol. The van der Waals surface area contributed by atoms with Crippen LogP contribution in [0.4, 0.5) is 13.2 Å². The third kappa shape index (κ3) is 6.34. The smallest absolute Gasteiger partial charge is 0.378 e. The van der Waals surface area contributed by atoms with Crippen LogP contribution < -0.4 is 10.6 Å². The Labute approximate surface area is 167 Å². The summed E-state index contributed by atoms with van der Waals surface area (Å²) in [5.74, 6) is -1.48.